The van der Waals surface area contributed by atoms with E-state index in [-0.39, 0.29) is 6.61 Å². The molecule has 1 aromatic heterocycles. The zero-order valence-corrected chi connectivity index (χ0v) is 14.1. The molecule has 0 amide bonds. The Kier molecular flexibility index (Phi) is 5.33. The number of hydrogen-bond donors (Lipinski definition) is 1. The molecule has 0 aliphatic carbocycles. The molecule has 6 heteroatoms. The topological polar surface area (TPSA) is 52.7 Å². The molecule has 0 atom stereocenters. The summed E-state index contributed by atoms with van der Waals surface area (Å²) in [6, 6.07) is 7.62. The van der Waals surface area contributed by atoms with Crippen LogP contribution in [0.15, 0.2) is 28.7 Å². The van der Waals surface area contributed by atoms with Crippen molar-refractivity contribution < 1.29 is 9.52 Å². The van der Waals surface area contributed by atoms with Crippen LogP contribution in [0, 0.1) is 6.92 Å². The third-order valence-corrected chi connectivity index (χ3v) is 4.44. The molecule has 124 valence electrons. The number of aromatic nitrogens is 1. The number of rotatable bonds is 5. The first-order valence-electron chi connectivity index (χ1n) is 7.93. The van der Waals surface area contributed by atoms with Gasteiger partial charge in [0.1, 0.15) is 0 Å². The predicted molar refractivity (Wildman–Crippen MR) is 90.5 cm³/mol. The monoisotopic (exact) mass is 335 g/mol. The predicted octanol–water partition coefficient (Wildman–Crippen LogP) is 2.41. The summed E-state index contributed by atoms with van der Waals surface area (Å²) in [5.41, 5.74) is 1.90. The number of aryl methyl sites for hydroxylation is 1. The second-order valence-corrected chi connectivity index (χ2v) is 6.31. The first-order valence-corrected chi connectivity index (χ1v) is 8.31. The maximum absolute atomic E-state index is 8.99. The van der Waals surface area contributed by atoms with Crippen LogP contribution in [0.2, 0.25) is 5.02 Å². The molecule has 0 unspecified atom stereocenters. The highest BCUT2D eigenvalue weighted by atomic mass is 35.5. The van der Waals surface area contributed by atoms with Gasteiger partial charge in [0.15, 0.2) is 5.76 Å². The molecular weight excluding hydrogens is 314 g/mol. The van der Waals surface area contributed by atoms with Crippen LogP contribution in [0.4, 0.5) is 0 Å². The quantitative estimate of drug-likeness (QED) is 0.909. The van der Waals surface area contributed by atoms with Gasteiger partial charge >= 0.3 is 0 Å². The van der Waals surface area contributed by atoms with E-state index in [9.17, 15) is 0 Å². The van der Waals surface area contributed by atoms with Crippen molar-refractivity contribution in [1.82, 2.24) is 14.8 Å². The van der Waals surface area contributed by atoms with E-state index in [0.717, 1.165) is 62.2 Å². The second kappa shape index (κ2) is 7.45. The number of oxazole rings is 1. The van der Waals surface area contributed by atoms with Crippen LogP contribution in [-0.2, 0) is 6.54 Å². The first-order chi connectivity index (χ1) is 11.2. The van der Waals surface area contributed by atoms with E-state index in [1.165, 1.54) is 0 Å². The Morgan fingerprint density at radius 2 is 1.78 bits per heavy atom. The third-order valence-electron chi connectivity index (χ3n) is 4.19. The van der Waals surface area contributed by atoms with Crippen molar-refractivity contribution in [2.24, 2.45) is 0 Å². The van der Waals surface area contributed by atoms with Crippen LogP contribution in [0.5, 0.6) is 0 Å². The Balaban J connectivity index is 1.64. The molecule has 1 aromatic carbocycles. The fourth-order valence-electron chi connectivity index (χ4n) is 2.89. The summed E-state index contributed by atoms with van der Waals surface area (Å²) < 4.78 is 5.97. The third kappa shape index (κ3) is 4.12. The average molecular weight is 336 g/mol. The molecule has 0 bridgehead atoms. The summed E-state index contributed by atoms with van der Waals surface area (Å²) in [5, 5.41) is 9.70. The van der Waals surface area contributed by atoms with Crippen LogP contribution in [-0.4, -0.2) is 59.2 Å². The lowest BCUT2D eigenvalue weighted by molar-refractivity contribution is 0.103. The van der Waals surface area contributed by atoms with E-state index in [1.807, 2.05) is 31.2 Å². The van der Waals surface area contributed by atoms with Crippen molar-refractivity contribution in [3.63, 3.8) is 0 Å². The standard InChI is InChI=1S/C17H22ClN3O2/c1-13-17(14-2-4-15(18)5-3-14)23-16(19-13)12-21-8-6-20(7-9-21)10-11-22/h2-5,22H,6-12H2,1H3. The van der Waals surface area contributed by atoms with E-state index in [0.29, 0.717) is 5.02 Å². The maximum atomic E-state index is 8.99. The van der Waals surface area contributed by atoms with Crippen LogP contribution in [0.25, 0.3) is 11.3 Å². The van der Waals surface area contributed by atoms with Crippen molar-refractivity contribution in [2.45, 2.75) is 13.5 Å². The van der Waals surface area contributed by atoms with Crippen molar-refractivity contribution in [3.05, 3.63) is 40.9 Å². The maximum Gasteiger partial charge on any atom is 0.209 e. The molecule has 3 rings (SSSR count). The molecule has 23 heavy (non-hydrogen) atoms. The second-order valence-electron chi connectivity index (χ2n) is 5.87. The van der Waals surface area contributed by atoms with E-state index in [2.05, 4.69) is 14.8 Å². The van der Waals surface area contributed by atoms with Gasteiger partial charge in [0.05, 0.1) is 18.8 Å². The molecular formula is C17H22ClN3O2. The van der Waals surface area contributed by atoms with Gasteiger partial charge in [-0.05, 0) is 31.2 Å². The lowest BCUT2D eigenvalue weighted by Gasteiger charge is -2.33. The summed E-state index contributed by atoms with van der Waals surface area (Å²) in [6.07, 6.45) is 0. The Morgan fingerprint density at radius 1 is 1.13 bits per heavy atom. The average Bonchev–Trinajstić information content (AvgIpc) is 2.91. The highest BCUT2D eigenvalue weighted by molar-refractivity contribution is 6.30. The molecule has 1 N–H and O–H groups in total. The minimum Gasteiger partial charge on any atom is -0.439 e. The number of benzene rings is 1. The lowest BCUT2D eigenvalue weighted by atomic mass is 10.1. The van der Waals surface area contributed by atoms with Crippen molar-refractivity contribution in [2.75, 3.05) is 39.3 Å². The number of halogens is 1. The smallest absolute Gasteiger partial charge is 0.209 e. The van der Waals surface area contributed by atoms with Gasteiger partial charge in [-0.3, -0.25) is 9.80 Å². The molecule has 1 fully saturated rings. The molecule has 1 aliphatic heterocycles. The Bertz CT molecular complexity index is 634. The Hall–Kier alpha value is -1.40. The largest absolute Gasteiger partial charge is 0.439 e. The highest BCUT2D eigenvalue weighted by Crippen LogP contribution is 2.26. The fraction of sp³-hybridized carbons (Fsp3) is 0.471. The van der Waals surface area contributed by atoms with Gasteiger partial charge < -0.3 is 9.52 Å². The van der Waals surface area contributed by atoms with Crippen molar-refractivity contribution in [1.29, 1.82) is 0 Å². The zero-order chi connectivity index (χ0) is 16.2. The molecule has 2 aromatic rings. The minimum absolute atomic E-state index is 0.226. The highest BCUT2D eigenvalue weighted by Gasteiger charge is 2.19. The van der Waals surface area contributed by atoms with Gasteiger partial charge in [-0.1, -0.05) is 11.6 Å². The SMILES string of the molecule is Cc1nc(CN2CCN(CCO)CC2)oc1-c1ccc(Cl)cc1. The van der Waals surface area contributed by atoms with Crippen LogP contribution >= 0.6 is 11.6 Å². The number of hydrogen-bond acceptors (Lipinski definition) is 5. The number of nitrogens with zero attached hydrogens (tertiary/aromatic N) is 3. The summed E-state index contributed by atoms with van der Waals surface area (Å²) in [6.45, 7) is 7.57. The Morgan fingerprint density at radius 3 is 2.43 bits per heavy atom. The summed E-state index contributed by atoms with van der Waals surface area (Å²) in [4.78, 5) is 9.18. The molecule has 1 saturated heterocycles. The van der Waals surface area contributed by atoms with E-state index >= 15 is 0 Å². The summed E-state index contributed by atoms with van der Waals surface area (Å²) >= 11 is 5.93. The van der Waals surface area contributed by atoms with Gasteiger partial charge in [0.2, 0.25) is 5.89 Å². The number of β-amino-alcohol motifs (C(OH)–C–C–N with tert-alkyl or cyclic N) is 1. The van der Waals surface area contributed by atoms with Crippen LogP contribution < -0.4 is 0 Å². The Labute approximate surface area is 141 Å². The van der Waals surface area contributed by atoms with Gasteiger partial charge in [0, 0.05) is 43.3 Å². The normalized spacial score (nSPS) is 16.8. The number of aliphatic hydroxyl groups excluding tert-OH is 1. The summed E-state index contributed by atoms with van der Waals surface area (Å²) in [5.74, 6) is 1.57. The van der Waals surface area contributed by atoms with Gasteiger partial charge in [-0.25, -0.2) is 4.98 Å². The van der Waals surface area contributed by atoms with E-state index in [1.54, 1.807) is 0 Å². The molecule has 2 heterocycles. The van der Waals surface area contributed by atoms with Crippen LogP contribution in [0.3, 0.4) is 0 Å². The molecule has 0 saturated carbocycles. The molecule has 0 spiro atoms. The fourth-order valence-corrected chi connectivity index (χ4v) is 3.02. The van der Waals surface area contributed by atoms with Gasteiger partial charge in [0.25, 0.3) is 0 Å². The number of aliphatic hydroxyl groups is 1. The van der Waals surface area contributed by atoms with Crippen LogP contribution in [0.1, 0.15) is 11.6 Å². The number of piperazine rings is 1. The zero-order valence-electron chi connectivity index (χ0n) is 13.3. The minimum atomic E-state index is 0.226. The summed E-state index contributed by atoms with van der Waals surface area (Å²) in [7, 11) is 0. The van der Waals surface area contributed by atoms with E-state index in [4.69, 9.17) is 21.1 Å². The molecule has 1 aliphatic rings. The first kappa shape index (κ1) is 16.5. The van der Waals surface area contributed by atoms with Gasteiger partial charge in [-0.2, -0.15) is 0 Å². The lowest BCUT2D eigenvalue weighted by Crippen LogP contribution is -2.46. The van der Waals surface area contributed by atoms with E-state index < -0.39 is 0 Å². The van der Waals surface area contributed by atoms with Gasteiger partial charge in [-0.15, -0.1) is 0 Å². The molecule has 0 radical (unpaired) electrons. The van der Waals surface area contributed by atoms with Crippen molar-refractivity contribution in [3.8, 4) is 11.3 Å². The molecule has 5 nitrogen and oxygen atoms in total. The van der Waals surface area contributed by atoms with Crippen molar-refractivity contribution >= 4 is 11.6 Å².